The van der Waals surface area contributed by atoms with E-state index in [1.54, 1.807) is 45.3 Å². The third-order valence-corrected chi connectivity index (χ3v) is 3.48. The van der Waals surface area contributed by atoms with E-state index in [0.29, 0.717) is 11.3 Å². The Bertz CT molecular complexity index is 696. The smallest absolute Gasteiger partial charge is 0.336 e. The van der Waals surface area contributed by atoms with Gasteiger partial charge in [0.25, 0.3) is 0 Å². The second-order valence-corrected chi connectivity index (χ2v) is 4.69. The molecule has 0 amide bonds. The van der Waals surface area contributed by atoms with E-state index in [9.17, 15) is 15.2 Å². The summed E-state index contributed by atoms with van der Waals surface area (Å²) in [5, 5.41) is 21.7. The van der Waals surface area contributed by atoms with Crippen LogP contribution in [0, 0.1) is 11.3 Å². The van der Waals surface area contributed by atoms with Crippen molar-refractivity contribution in [3.05, 3.63) is 52.6 Å². The van der Waals surface area contributed by atoms with E-state index in [1.807, 2.05) is 0 Å². The van der Waals surface area contributed by atoms with E-state index in [4.69, 9.17) is 9.47 Å². The van der Waals surface area contributed by atoms with Crippen LogP contribution in [0.25, 0.3) is 0 Å². The first kappa shape index (κ1) is 15.4. The van der Waals surface area contributed by atoms with Gasteiger partial charge in [-0.05, 0) is 24.6 Å². The number of ether oxygens (including phenoxy) is 2. The van der Waals surface area contributed by atoms with Crippen molar-refractivity contribution in [1.82, 2.24) is 5.32 Å². The van der Waals surface area contributed by atoms with Crippen molar-refractivity contribution in [2.45, 2.75) is 12.8 Å². The molecule has 1 aromatic rings. The average molecular weight is 300 g/mol. The molecular weight excluding hydrogens is 284 g/mol. The van der Waals surface area contributed by atoms with E-state index in [-0.39, 0.29) is 22.8 Å². The zero-order chi connectivity index (χ0) is 16.3. The van der Waals surface area contributed by atoms with Gasteiger partial charge in [0.05, 0.1) is 18.6 Å². The number of nitrogens with one attached hydrogen (secondary N) is 1. The van der Waals surface area contributed by atoms with Crippen LogP contribution < -0.4 is 10.1 Å². The summed E-state index contributed by atoms with van der Waals surface area (Å²) in [4.78, 5) is 11.6. The fraction of sp³-hybridized carbons (Fsp3) is 0.250. The zero-order valence-electron chi connectivity index (χ0n) is 12.5. The van der Waals surface area contributed by atoms with Crippen molar-refractivity contribution in [1.29, 1.82) is 5.26 Å². The van der Waals surface area contributed by atoms with Crippen LogP contribution in [0.15, 0.2) is 47.1 Å². The highest BCUT2D eigenvalue weighted by Gasteiger charge is 2.35. The molecule has 0 radical (unpaired) electrons. The summed E-state index contributed by atoms with van der Waals surface area (Å²) in [7, 11) is 3.17. The third-order valence-electron chi connectivity index (χ3n) is 3.48. The van der Waals surface area contributed by atoms with Crippen LogP contribution in [-0.4, -0.2) is 25.2 Å². The van der Waals surface area contributed by atoms with Gasteiger partial charge in [0, 0.05) is 7.05 Å². The number of carboxylic acids is 1. The Hall–Kier alpha value is -2.94. The van der Waals surface area contributed by atoms with Gasteiger partial charge in [-0.1, -0.05) is 12.1 Å². The maximum absolute atomic E-state index is 11.6. The van der Waals surface area contributed by atoms with Crippen molar-refractivity contribution in [3.8, 4) is 11.8 Å². The minimum Gasteiger partial charge on any atom is -0.497 e. The van der Waals surface area contributed by atoms with E-state index in [2.05, 4.69) is 11.4 Å². The van der Waals surface area contributed by atoms with Gasteiger partial charge in [-0.3, -0.25) is 0 Å². The molecular formula is C16H16N2O4. The number of hydrogen-bond donors (Lipinski definition) is 2. The van der Waals surface area contributed by atoms with E-state index < -0.39 is 11.9 Å². The van der Waals surface area contributed by atoms with Gasteiger partial charge in [0.2, 0.25) is 5.88 Å². The Labute approximate surface area is 128 Å². The normalized spacial score (nSPS) is 17.6. The molecule has 6 heteroatoms. The molecule has 22 heavy (non-hydrogen) atoms. The summed E-state index contributed by atoms with van der Waals surface area (Å²) in [5.74, 6) is -0.613. The first-order valence-electron chi connectivity index (χ1n) is 6.61. The highest BCUT2D eigenvalue weighted by atomic mass is 16.5. The minimum atomic E-state index is -1.11. The maximum Gasteiger partial charge on any atom is 0.336 e. The number of carboxylic acid groups (broad SMARTS) is 1. The maximum atomic E-state index is 11.6. The van der Waals surface area contributed by atoms with Gasteiger partial charge >= 0.3 is 5.97 Å². The van der Waals surface area contributed by atoms with Crippen molar-refractivity contribution in [2.75, 3.05) is 14.2 Å². The fourth-order valence-corrected chi connectivity index (χ4v) is 2.45. The molecule has 1 aliphatic rings. The Morgan fingerprint density at radius 1 is 1.41 bits per heavy atom. The molecule has 0 spiro atoms. The molecule has 1 aliphatic heterocycles. The van der Waals surface area contributed by atoms with Crippen LogP contribution in [0.2, 0.25) is 0 Å². The Balaban J connectivity index is 2.62. The first-order chi connectivity index (χ1) is 10.5. The van der Waals surface area contributed by atoms with Crippen LogP contribution in [0.5, 0.6) is 5.75 Å². The number of allylic oxidation sites excluding steroid dienone is 2. The second-order valence-electron chi connectivity index (χ2n) is 4.69. The van der Waals surface area contributed by atoms with Crippen LogP contribution in [-0.2, 0) is 9.53 Å². The summed E-state index contributed by atoms with van der Waals surface area (Å²) in [6.07, 6.45) is 0. The van der Waals surface area contributed by atoms with Gasteiger partial charge in [-0.25, -0.2) is 4.79 Å². The molecule has 0 aliphatic carbocycles. The van der Waals surface area contributed by atoms with Crippen LogP contribution in [0.1, 0.15) is 18.4 Å². The number of hydrogen-bond acceptors (Lipinski definition) is 5. The fourth-order valence-electron chi connectivity index (χ4n) is 2.45. The van der Waals surface area contributed by atoms with Crippen LogP contribution in [0.4, 0.5) is 0 Å². The third kappa shape index (κ3) is 2.61. The summed E-state index contributed by atoms with van der Waals surface area (Å²) in [6.45, 7) is 1.57. The highest BCUT2D eigenvalue weighted by molar-refractivity contribution is 5.91. The lowest BCUT2D eigenvalue weighted by Gasteiger charge is -2.27. The molecule has 0 aromatic heterocycles. The van der Waals surface area contributed by atoms with Crippen molar-refractivity contribution in [2.24, 2.45) is 0 Å². The summed E-state index contributed by atoms with van der Waals surface area (Å²) in [5.41, 5.74) is 0.974. The second kappa shape index (κ2) is 6.22. The summed E-state index contributed by atoms with van der Waals surface area (Å²) < 4.78 is 10.5. The van der Waals surface area contributed by atoms with Crippen molar-refractivity contribution < 1.29 is 19.4 Å². The van der Waals surface area contributed by atoms with Gasteiger partial charge < -0.3 is 19.9 Å². The first-order valence-corrected chi connectivity index (χ1v) is 6.61. The molecule has 0 bridgehead atoms. The molecule has 1 unspecified atom stereocenters. The molecule has 1 atom stereocenters. The number of carbonyl (C=O) groups is 1. The standard InChI is InChI=1S/C16H16N2O4/c1-9-13(16(19)20)14(12(8-17)15(18-2)22-9)10-4-6-11(21-3)7-5-10/h4-7,14,18H,1-3H3,(H,19,20). The molecule has 114 valence electrons. The summed E-state index contributed by atoms with van der Waals surface area (Å²) >= 11 is 0. The molecule has 0 saturated carbocycles. The van der Waals surface area contributed by atoms with Crippen LogP contribution in [0.3, 0.4) is 0 Å². The molecule has 6 nitrogen and oxygen atoms in total. The van der Waals surface area contributed by atoms with E-state index in [1.165, 1.54) is 0 Å². The van der Waals surface area contributed by atoms with Gasteiger partial charge in [0.15, 0.2) is 0 Å². The predicted molar refractivity (Wildman–Crippen MR) is 78.9 cm³/mol. The zero-order valence-corrected chi connectivity index (χ0v) is 12.5. The summed E-state index contributed by atoms with van der Waals surface area (Å²) in [6, 6.07) is 9.00. The van der Waals surface area contributed by atoms with E-state index in [0.717, 1.165) is 0 Å². The molecule has 2 N–H and O–H groups in total. The highest BCUT2D eigenvalue weighted by Crippen LogP contribution is 2.39. The van der Waals surface area contributed by atoms with Gasteiger partial charge in [-0.2, -0.15) is 5.26 Å². The van der Waals surface area contributed by atoms with Crippen molar-refractivity contribution >= 4 is 5.97 Å². The molecule has 0 saturated heterocycles. The lowest BCUT2D eigenvalue weighted by molar-refractivity contribution is -0.133. The number of rotatable bonds is 4. The molecule has 0 fully saturated rings. The van der Waals surface area contributed by atoms with Crippen molar-refractivity contribution in [3.63, 3.8) is 0 Å². The SMILES string of the molecule is CNC1=C(C#N)C(c2ccc(OC)cc2)C(C(=O)O)=C(C)O1. The van der Waals surface area contributed by atoms with Gasteiger partial charge in [0.1, 0.15) is 23.2 Å². The molecule has 2 rings (SSSR count). The Morgan fingerprint density at radius 3 is 2.50 bits per heavy atom. The average Bonchev–Trinajstić information content (AvgIpc) is 2.53. The van der Waals surface area contributed by atoms with Gasteiger partial charge in [-0.15, -0.1) is 0 Å². The number of benzene rings is 1. The topological polar surface area (TPSA) is 91.6 Å². The lowest BCUT2D eigenvalue weighted by Crippen LogP contribution is -2.25. The Kier molecular flexibility index (Phi) is 4.37. The molecule has 1 heterocycles. The number of nitrogens with zero attached hydrogens (tertiary/aromatic N) is 1. The lowest BCUT2D eigenvalue weighted by atomic mass is 9.83. The molecule has 1 aromatic carbocycles. The quantitative estimate of drug-likeness (QED) is 0.885. The predicted octanol–water partition coefficient (Wildman–Crippen LogP) is 2.12. The number of aliphatic carboxylic acids is 1. The minimum absolute atomic E-state index is 0.0562. The van der Waals surface area contributed by atoms with Crippen LogP contribution >= 0.6 is 0 Å². The number of methoxy groups -OCH3 is 1. The largest absolute Gasteiger partial charge is 0.497 e. The number of nitriles is 1. The monoisotopic (exact) mass is 300 g/mol. The Morgan fingerprint density at radius 2 is 2.05 bits per heavy atom. The van der Waals surface area contributed by atoms with E-state index >= 15 is 0 Å².